The number of carbonyl (C=O) groups excluding carboxylic acids is 1. The standard InChI is InChI=1S/C26H35NO4S2/c1-15(2)26(9-8-22-27-13-17(4)32-22)12-20(29)23(24(30)31-26)33-21-10-16(3)18(14-28)11-19(21)25(5,6)7/h10-11,13,15,28-29H,8-9,12,14H2,1-7H3. The van der Waals surface area contributed by atoms with E-state index in [1.165, 1.54) is 11.8 Å². The zero-order valence-electron chi connectivity index (χ0n) is 20.6. The molecule has 0 amide bonds. The average molecular weight is 490 g/mol. The summed E-state index contributed by atoms with van der Waals surface area (Å²) in [6.07, 6.45) is 3.47. The molecule has 0 spiro atoms. The van der Waals surface area contributed by atoms with Crippen molar-refractivity contribution in [1.82, 2.24) is 4.98 Å². The van der Waals surface area contributed by atoms with Gasteiger partial charge in [-0.3, -0.25) is 0 Å². The Balaban J connectivity index is 1.92. The molecule has 180 valence electrons. The number of esters is 1. The second-order valence-corrected chi connectivity index (χ2v) is 12.6. The first-order valence-corrected chi connectivity index (χ1v) is 13.0. The van der Waals surface area contributed by atoms with Crippen LogP contribution >= 0.6 is 23.1 Å². The Kier molecular flexibility index (Phi) is 7.66. The van der Waals surface area contributed by atoms with Crippen LogP contribution in [0.1, 0.15) is 74.0 Å². The van der Waals surface area contributed by atoms with Crippen LogP contribution in [0.3, 0.4) is 0 Å². The predicted molar refractivity (Wildman–Crippen MR) is 135 cm³/mol. The molecule has 0 saturated heterocycles. The molecular weight excluding hydrogens is 454 g/mol. The van der Waals surface area contributed by atoms with E-state index in [1.54, 1.807) is 11.3 Å². The Labute approximate surface area is 205 Å². The fraction of sp³-hybridized carbons (Fsp3) is 0.538. The first-order valence-electron chi connectivity index (χ1n) is 11.4. The van der Waals surface area contributed by atoms with Crippen molar-refractivity contribution in [3.63, 3.8) is 0 Å². The van der Waals surface area contributed by atoms with Crippen LogP contribution in [0.4, 0.5) is 0 Å². The second-order valence-electron chi connectivity index (χ2n) is 10.2. The van der Waals surface area contributed by atoms with Crippen molar-refractivity contribution in [2.75, 3.05) is 0 Å². The molecule has 2 aromatic rings. The van der Waals surface area contributed by atoms with Gasteiger partial charge < -0.3 is 14.9 Å². The minimum absolute atomic E-state index is 0.0363. The quantitative estimate of drug-likeness (QED) is 0.439. The molecule has 1 aliphatic rings. The van der Waals surface area contributed by atoms with Crippen LogP contribution < -0.4 is 0 Å². The van der Waals surface area contributed by atoms with Gasteiger partial charge in [0.05, 0.1) is 11.6 Å². The van der Waals surface area contributed by atoms with Gasteiger partial charge in [0.15, 0.2) is 0 Å². The van der Waals surface area contributed by atoms with Gasteiger partial charge in [0, 0.05) is 28.8 Å². The van der Waals surface area contributed by atoms with Crippen molar-refractivity contribution in [3.8, 4) is 0 Å². The summed E-state index contributed by atoms with van der Waals surface area (Å²) in [5, 5.41) is 21.8. The highest BCUT2D eigenvalue weighted by molar-refractivity contribution is 8.04. The van der Waals surface area contributed by atoms with E-state index in [9.17, 15) is 15.0 Å². The van der Waals surface area contributed by atoms with Crippen molar-refractivity contribution in [3.05, 3.63) is 55.6 Å². The van der Waals surface area contributed by atoms with E-state index in [4.69, 9.17) is 4.74 Å². The monoisotopic (exact) mass is 489 g/mol. The highest BCUT2D eigenvalue weighted by atomic mass is 32.2. The van der Waals surface area contributed by atoms with Crippen molar-refractivity contribution < 1.29 is 19.7 Å². The summed E-state index contributed by atoms with van der Waals surface area (Å²) in [7, 11) is 0. The molecule has 0 aliphatic carbocycles. The zero-order valence-corrected chi connectivity index (χ0v) is 22.2. The Morgan fingerprint density at radius 2 is 1.97 bits per heavy atom. The molecule has 0 radical (unpaired) electrons. The molecule has 33 heavy (non-hydrogen) atoms. The minimum Gasteiger partial charge on any atom is -0.511 e. The second kappa shape index (κ2) is 9.80. The fourth-order valence-corrected chi connectivity index (χ4v) is 6.14. The number of hydrogen-bond acceptors (Lipinski definition) is 7. The Morgan fingerprint density at radius 3 is 2.48 bits per heavy atom. The van der Waals surface area contributed by atoms with E-state index >= 15 is 0 Å². The Hall–Kier alpha value is -1.83. The third-order valence-corrected chi connectivity index (χ3v) is 8.46. The maximum Gasteiger partial charge on any atom is 0.349 e. The summed E-state index contributed by atoms with van der Waals surface area (Å²) in [5.41, 5.74) is 1.89. The summed E-state index contributed by atoms with van der Waals surface area (Å²) in [6, 6.07) is 3.98. The largest absolute Gasteiger partial charge is 0.511 e. The molecule has 1 aromatic heterocycles. The lowest BCUT2D eigenvalue weighted by Crippen LogP contribution is -2.44. The van der Waals surface area contributed by atoms with Crippen LogP contribution in [0.25, 0.3) is 0 Å². The molecule has 0 fully saturated rings. The number of aromatic nitrogens is 1. The van der Waals surface area contributed by atoms with Crippen molar-refractivity contribution in [2.24, 2.45) is 5.92 Å². The predicted octanol–water partition coefficient (Wildman–Crippen LogP) is 6.39. The van der Waals surface area contributed by atoms with Crippen LogP contribution in [-0.2, 0) is 28.0 Å². The van der Waals surface area contributed by atoms with E-state index in [0.29, 0.717) is 19.3 Å². The van der Waals surface area contributed by atoms with Gasteiger partial charge in [-0.25, -0.2) is 9.78 Å². The molecular formula is C26H35NO4S2. The smallest absolute Gasteiger partial charge is 0.349 e. The van der Waals surface area contributed by atoms with E-state index in [2.05, 4.69) is 25.8 Å². The van der Waals surface area contributed by atoms with Gasteiger partial charge in [-0.2, -0.15) is 0 Å². The molecule has 1 aromatic carbocycles. The number of carbonyl (C=O) groups is 1. The van der Waals surface area contributed by atoms with Crippen molar-refractivity contribution in [1.29, 1.82) is 0 Å². The van der Waals surface area contributed by atoms with Crippen molar-refractivity contribution in [2.45, 2.75) is 90.2 Å². The van der Waals surface area contributed by atoms with Gasteiger partial charge in [0.25, 0.3) is 0 Å². The van der Waals surface area contributed by atoms with E-state index in [0.717, 1.165) is 31.5 Å². The summed E-state index contributed by atoms with van der Waals surface area (Å²) in [4.78, 5) is 19.9. The number of thioether (sulfide) groups is 1. The number of aliphatic hydroxyl groups is 2. The number of aryl methyl sites for hydroxylation is 3. The number of nitrogens with zero attached hydrogens (tertiary/aromatic N) is 1. The minimum atomic E-state index is -0.756. The van der Waals surface area contributed by atoms with Crippen LogP contribution in [0, 0.1) is 19.8 Å². The average Bonchev–Trinajstić information content (AvgIpc) is 3.13. The number of thiazole rings is 1. The normalized spacial score (nSPS) is 19.4. The van der Waals surface area contributed by atoms with E-state index in [1.807, 2.05) is 46.0 Å². The molecule has 1 aliphatic heterocycles. The number of ether oxygens (including phenoxy) is 1. The topological polar surface area (TPSA) is 79.7 Å². The maximum absolute atomic E-state index is 13.2. The third-order valence-electron chi connectivity index (χ3n) is 6.32. The molecule has 2 N–H and O–H groups in total. The molecule has 2 heterocycles. The highest BCUT2D eigenvalue weighted by Gasteiger charge is 2.44. The lowest BCUT2D eigenvalue weighted by Gasteiger charge is -2.40. The first kappa shape index (κ1) is 25.8. The van der Waals surface area contributed by atoms with Gasteiger partial charge in [-0.15, -0.1) is 11.3 Å². The van der Waals surface area contributed by atoms with Crippen LogP contribution in [0.15, 0.2) is 33.9 Å². The van der Waals surface area contributed by atoms with Gasteiger partial charge in [-0.1, -0.05) is 52.4 Å². The maximum atomic E-state index is 13.2. The van der Waals surface area contributed by atoms with E-state index in [-0.39, 0.29) is 28.6 Å². The van der Waals surface area contributed by atoms with Gasteiger partial charge >= 0.3 is 5.97 Å². The number of cyclic esters (lactones) is 1. The molecule has 1 atom stereocenters. The molecule has 0 bridgehead atoms. The SMILES string of the molecule is Cc1cnc(CCC2(C(C)C)CC(O)=C(Sc3cc(C)c(CO)cc3C(C)(C)C)C(=O)O2)s1. The zero-order chi connectivity index (χ0) is 24.6. The van der Waals surface area contributed by atoms with E-state index < -0.39 is 11.6 Å². The van der Waals surface area contributed by atoms with Crippen molar-refractivity contribution >= 4 is 29.1 Å². The lowest BCUT2D eigenvalue weighted by molar-refractivity contribution is -0.164. The molecule has 5 nitrogen and oxygen atoms in total. The number of rotatable bonds is 7. The molecule has 1 unspecified atom stereocenters. The van der Waals surface area contributed by atoms with Gasteiger partial charge in [0.2, 0.25) is 0 Å². The van der Waals surface area contributed by atoms with Crippen LogP contribution in [0.5, 0.6) is 0 Å². The number of benzene rings is 1. The Bertz CT molecular complexity index is 1060. The summed E-state index contributed by atoms with van der Waals surface area (Å²) in [5.74, 6) is -0.340. The number of hydrogen-bond donors (Lipinski definition) is 2. The van der Waals surface area contributed by atoms with Crippen LogP contribution in [-0.4, -0.2) is 26.8 Å². The summed E-state index contributed by atoms with van der Waals surface area (Å²) < 4.78 is 6.08. The van der Waals surface area contributed by atoms with Gasteiger partial charge in [0.1, 0.15) is 16.3 Å². The first-order chi connectivity index (χ1) is 15.4. The number of aliphatic hydroxyl groups excluding tert-OH is 2. The molecule has 7 heteroatoms. The van der Waals surface area contributed by atoms with Gasteiger partial charge in [-0.05, 0) is 54.4 Å². The highest BCUT2D eigenvalue weighted by Crippen LogP contribution is 2.45. The summed E-state index contributed by atoms with van der Waals surface area (Å²) in [6.45, 7) is 14.3. The molecule has 0 saturated carbocycles. The third kappa shape index (κ3) is 5.64. The molecule has 3 rings (SSSR count). The summed E-state index contributed by atoms with van der Waals surface area (Å²) >= 11 is 2.91. The fourth-order valence-electron chi connectivity index (χ4n) is 4.11. The van der Waals surface area contributed by atoms with Crippen LogP contribution in [0.2, 0.25) is 0 Å². The Morgan fingerprint density at radius 1 is 1.27 bits per heavy atom. The lowest BCUT2D eigenvalue weighted by atomic mass is 9.81.